The van der Waals surface area contributed by atoms with Gasteiger partial charge in [0.05, 0.1) is 17.7 Å². The number of aliphatic hydroxyl groups excluding tert-OH is 1. The van der Waals surface area contributed by atoms with E-state index in [1.807, 2.05) is 12.1 Å². The van der Waals surface area contributed by atoms with Crippen molar-refractivity contribution in [3.05, 3.63) is 35.4 Å². The molecule has 112 valence electrons. The SMILES string of the molecule is N#Cc1ccc(C(O)CN2CCC[C@H]3CCCC[C@H]32)cc1. The van der Waals surface area contributed by atoms with Crippen molar-refractivity contribution in [2.45, 2.75) is 50.7 Å². The lowest BCUT2D eigenvalue weighted by molar-refractivity contribution is 0.0205. The van der Waals surface area contributed by atoms with Gasteiger partial charge in [-0.1, -0.05) is 25.0 Å². The predicted octanol–water partition coefficient (Wildman–Crippen LogP) is 3.25. The number of hydrogen-bond donors (Lipinski definition) is 1. The summed E-state index contributed by atoms with van der Waals surface area (Å²) >= 11 is 0. The fourth-order valence-electron chi connectivity index (χ4n) is 4.06. The van der Waals surface area contributed by atoms with Gasteiger partial charge in [-0.05, 0) is 55.8 Å². The maximum absolute atomic E-state index is 10.5. The number of β-amino-alcohol motifs (C(OH)–C–C–N with tert-alkyl or cyclic N) is 1. The molecule has 1 saturated carbocycles. The Balaban J connectivity index is 1.65. The zero-order valence-electron chi connectivity index (χ0n) is 12.5. The summed E-state index contributed by atoms with van der Waals surface area (Å²) in [6, 6.07) is 10.1. The molecule has 0 spiro atoms. The molecule has 0 aromatic heterocycles. The zero-order chi connectivity index (χ0) is 14.7. The second kappa shape index (κ2) is 6.60. The first-order valence-corrected chi connectivity index (χ1v) is 8.20. The van der Waals surface area contributed by atoms with E-state index < -0.39 is 6.10 Å². The minimum atomic E-state index is -0.446. The van der Waals surface area contributed by atoms with Gasteiger partial charge in [0.1, 0.15) is 0 Å². The van der Waals surface area contributed by atoms with Gasteiger partial charge < -0.3 is 5.11 Å². The largest absolute Gasteiger partial charge is 0.387 e. The van der Waals surface area contributed by atoms with Crippen LogP contribution in [0.2, 0.25) is 0 Å². The minimum Gasteiger partial charge on any atom is -0.387 e. The van der Waals surface area contributed by atoms with E-state index in [9.17, 15) is 5.11 Å². The van der Waals surface area contributed by atoms with Gasteiger partial charge in [0.25, 0.3) is 0 Å². The van der Waals surface area contributed by atoms with Crippen LogP contribution in [0.3, 0.4) is 0 Å². The number of nitrogens with zero attached hydrogens (tertiary/aromatic N) is 2. The molecule has 21 heavy (non-hydrogen) atoms. The second-order valence-corrected chi connectivity index (χ2v) is 6.50. The van der Waals surface area contributed by atoms with Crippen LogP contribution >= 0.6 is 0 Å². The van der Waals surface area contributed by atoms with E-state index in [4.69, 9.17) is 5.26 Å². The average Bonchev–Trinajstić information content (AvgIpc) is 2.55. The zero-order valence-corrected chi connectivity index (χ0v) is 12.5. The summed E-state index contributed by atoms with van der Waals surface area (Å²) in [6.45, 7) is 1.85. The van der Waals surface area contributed by atoms with Crippen LogP contribution in [-0.2, 0) is 0 Å². The Labute approximate surface area is 127 Å². The van der Waals surface area contributed by atoms with E-state index >= 15 is 0 Å². The lowest BCUT2D eigenvalue weighted by atomic mass is 9.78. The maximum Gasteiger partial charge on any atom is 0.0991 e. The Bertz CT molecular complexity index is 503. The van der Waals surface area contributed by atoms with Gasteiger partial charge in [-0.2, -0.15) is 5.26 Å². The van der Waals surface area contributed by atoms with E-state index in [0.29, 0.717) is 11.6 Å². The number of rotatable bonds is 3. The monoisotopic (exact) mass is 284 g/mol. The lowest BCUT2D eigenvalue weighted by Crippen LogP contribution is -2.48. The van der Waals surface area contributed by atoms with Crippen molar-refractivity contribution in [1.82, 2.24) is 4.90 Å². The second-order valence-electron chi connectivity index (χ2n) is 6.50. The van der Waals surface area contributed by atoms with Crippen molar-refractivity contribution in [2.75, 3.05) is 13.1 Å². The molecule has 1 saturated heterocycles. The molecule has 0 radical (unpaired) electrons. The van der Waals surface area contributed by atoms with Gasteiger partial charge in [0.15, 0.2) is 0 Å². The van der Waals surface area contributed by atoms with E-state index in [1.165, 1.54) is 38.5 Å². The number of piperidine rings is 1. The third-order valence-corrected chi connectivity index (χ3v) is 5.19. The molecule has 3 rings (SSSR count). The van der Waals surface area contributed by atoms with Crippen LogP contribution in [0.4, 0.5) is 0 Å². The first kappa shape index (κ1) is 14.6. The molecular formula is C18H24N2O. The number of hydrogen-bond acceptors (Lipinski definition) is 3. The van der Waals surface area contributed by atoms with Gasteiger partial charge in [0, 0.05) is 12.6 Å². The summed E-state index contributed by atoms with van der Waals surface area (Å²) in [7, 11) is 0. The summed E-state index contributed by atoms with van der Waals surface area (Å²) in [6.07, 6.45) is 7.57. The van der Waals surface area contributed by atoms with Crippen LogP contribution in [0.15, 0.2) is 24.3 Å². The molecule has 1 N–H and O–H groups in total. The molecule has 2 aliphatic rings. The van der Waals surface area contributed by atoms with Crippen LogP contribution in [0.1, 0.15) is 55.8 Å². The molecule has 1 aromatic carbocycles. The fourth-order valence-corrected chi connectivity index (χ4v) is 4.06. The molecule has 1 unspecified atom stereocenters. The topological polar surface area (TPSA) is 47.3 Å². The highest BCUT2D eigenvalue weighted by Gasteiger charge is 2.33. The van der Waals surface area contributed by atoms with Gasteiger partial charge >= 0.3 is 0 Å². The molecule has 3 heteroatoms. The molecule has 1 aliphatic heterocycles. The van der Waals surface area contributed by atoms with Crippen molar-refractivity contribution < 1.29 is 5.11 Å². The van der Waals surface area contributed by atoms with Gasteiger partial charge in [0.2, 0.25) is 0 Å². The Morgan fingerprint density at radius 2 is 1.86 bits per heavy atom. The van der Waals surface area contributed by atoms with Crippen LogP contribution in [-0.4, -0.2) is 29.1 Å². The molecule has 3 nitrogen and oxygen atoms in total. The highest BCUT2D eigenvalue weighted by atomic mass is 16.3. The third kappa shape index (κ3) is 3.28. The highest BCUT2D eigenvalue weighted by molar-refractivity contribution is 5.32. The average molecular weight is 284 g/mol. The maximum atomic E-state index is 10.5. The standard InChI is InChI=1S/C18H24N2O/c19-12-14-7-9-16(10-8-14)18(21)13-20-11-3-5-15-4-1-2-6-17(15)20/h7-10,15,17-18,21H,1-6,11,13H2/t15-,17-,18?/m1/s1. The van der Waals surface area contributed by atoms with E-state index in [2.05, 4.69) is 11.0 Å². The molecule has 3 atom stereocenters. The molecule has 1 aromatic rings. The van der Waals surface area contributed by atoms with Crippen LogP contribution in [0, 0.1) is 17.2 Å². The van der Waals surface area contributed by atoms with Gasteiger partial charge in [-0.25, -0.2) is 0 Å². The van der Waals surface area contributed by atoms with Gasteiger partial charge in [-0.15, -0.1) is 0 Å². The summed E-state index contributed by atoms with van der Waals surface area (Å²) < 4.78 is 0. The smallest absolute Gasteiger partial charge is 0.0991 e. The Kier molecular flexibility index (Phi) is 4.57. The Morgan fingerprint density at radius 1 is 1.14 bits per heavy atom. The quantitative estimate of drug-likeness (QED) is 0.927. The molecule has 2 fully saturated rings. The van der Waals surface area contributed by atoms with Crippen molar-refractivity contribution >= 4 is 0 Å². The number of fused-ring (bicyclic) bond motifs is 1. The van der Waals surface area contributed by atoms with Crippen LogP contribution < -0.4 is 0 Å². The first-order valence-electron chi connectivity index (χ1n) is 8.20. The summed E-state index contributed by atoms with van der Waals surface area (Å²) in [5.41, 5.74) is 1.57. The summed E-state index contributed by atoms with van der Waals surface area (Å²) in [5, 5.41) is 19.3. The Hall–Kier alpha value is -1.37. The molecule has 0 bridgehead atoms. The lowest BCUT2D eigenvalue weighted by Gasteiger charge is -2.44. The normalized spacial score (nSPS) is 27.6. The number of nitriles is 1. The van der Waals surface area contributed by atoms with Crippen LogP contribution in [0.25, 0.3) is 0 Å². The molecule has 1 aliphatic carbocycles. The summed E-state index contributed by atoms with van der Waals surface area (Å²) in [5.74, 6) is 0.848. The molecule has 0 amide bonds. The third-order valence-electron chi connectivity index (χ3n) is 5.19. The first-order chi connectivity index (χ1) is 10.3. The Morgan fingerprint density at radius 3 is 2.62 bits per heavy atom. The number of likely N-dealkylation sites (tertiary alicyclic amines) is 1. The summed E-state index contributed by atoms with van der Waals surface area (Å²) in [4.78, 5) is 2.51. The van der Waals surface area contributed by atoms with Crippen LogP contribution in [0.5, 0.6) is 0 Å². The van der Waals surface area contributed by atoms with Crippen molar-refractivity contribution in [2.24, 2.45) is 5.92 Å². The number of aliphatic hydroxyl groups is 1. The molecule has 1 heterocycles. The van der Waals surface area contributed by atoms with Crippen molar-refractivity contribution in [3.8, 4) is 6.07 Å². The van der Waals surface area contributed by atoms with Gasteiger partial charge in [-0.3, -0.25) is 4.90 Å². The molecular weight excluding hydrogens is 260 g/mol. The minimum absolute atomic E-state index is 0.446. The fraction of sp³-hybridized carbons (Fsp3) is 0.611. The van der Waals surface area contributed by atoms with Crippen molar-refractivity contribution in [3.63, 3.8) is 0 Å². The van der Waals surface area contributed by atoms with E-state index in [-0.39, 0.29) is 0 Å². The highest BCUT2D eigenvalue weighted by Crippen LogP contribution is 2.36. The van der Waals surface area contributed by atoms with E-state index in [0.717, 1.165) is 24.6 Å². The number of benzene rings is 1. The van der Waals surface area contributed by atoms with Crippen molar-refractivity contribution in [1.29, 1.82) is 5.26 Å². The van der Waals surface area contributed by atoms with E-state index in [1.54, 1.807) is 12.1 Å². The predicted molar refractivity (Wildman–Crippen MR) is 82.7 cm³/mol.